The molecule has 2 aromatic rings. The molecule has 0 aromatic carbocycles. The number of rotatable bonds is 2. The van der Waals surface area contributed by atoms with Gasteiger partial charge in [0.25, 0.3) is 5.56 Å². The van der Waals surface area contributed by atoms with Crippen molar-refractivity contribution in [2.24, 2.45) is 7.05 Å². The fourth-order valence-electron chi connectivity index (χ4n) is 1.59. The van der Waals surface area contributed by atoms with Gasteiger partial charge < -0.3 is 9.72 Å². The lowest BCUT2D eigenvalue weighted by Gasteiger charge is -1.99. The molecule has 1 N–H and O–H groups in total. The van der Waals surface area contributed by atoms with Crippen molar-refractivity contribution >= 4 is 11.0 Å². The van der Waals surface area contributed by atoms with E-state index in [9.17, 15) is 4.79 Å². The van der Waals surface area contributed by atoms with Crippen LogP contribution < -0.4 is 5.56 Å². The number of hydrogen-bond donors (Lipinski definition) is 1. The predicted molar refractivity (Wildman–Crippen MR) is 54.6 cm³/mol. The molecule has 0 saturated heterocycles. The number of aromatic nitrogens is 4. The third-order valence-corrected chi connectivity index (χ3v) is 2.20. The molecule has 6 heteroatoms. The molecule has 2 heterocycles. The van der Waals surface area contributed by atoms with Gasteiger partial charge in [0.15, 0.2) is 5.65 Å². The van der Waals surface area contributed by atoms with Crippen LogP contribution in [0.5, 0.6) is 0 Å². The van der Waals surface area contributed by atoms with E-state index in [4.69, 9.17) is 4.74 Å². The van der Waals surface area contributed by atoms with E-state index in [-0.39, 0.29) is 12.2 Å². The maximum Gasteiger partial charge on any atom is 0.262 e. The van der Waals surface area contributed by atoms with Crippen LogP contribution in [0.3, 0.4) is 0 Å². The van der Waals surface area contributed by atoms with E-state index in [1.165, 1.54) is 0 Å². The lowest BCUT2D eigenvalue weighted by atomic mass is 10.3. The molecule has 0 spiro atoms. The van der Waals surface area contributed by atoms with Gasteiger partial charge >= 0.3 is 0 Å². The summed E-state index contributed by atoms with van der Waals surface area (Å²) in [5.41, 5.74) is 1.10. The van der Waals surface area contributed by atoms with Crippen LogP contribution in [0.25, 0.3) is 11.0 Å². The molecule has 0 aliphatic heterocycles. The monoisotopic (exact) mass is 208 g/mol. The Morgan fingerprint density at radius 1 is 1.53 bits per heavy atom. The maximum absolute atomic E-state index is 11.7. The molecule has 0 saturated carbocycles. The average molecular weight is 208 g/mol. The van der Waals surface area contributed by atoms with Crippen LogP contribution in [0.2, 0.25) is 0 Å². The average Bonchev–Trinajstić information content (AvgIpc) is 2.43. The molecule has 0 atom stereocenters. The Kier molecular flexibility index (Phi) is 2.28. The molecule has 15 heavy (non-hydrogen) atoms. The Hall–Kier alpha value is -1.69. The molecule has 0 fully saturated rings. The minimum absolute atomic E-state index is 0.169. The summed E-state index contributed by atoms with van der Waals surface area (Å²) in [5, 5.41) is 4.68. The SMILES string of the molecule is COCc1nc2c(c(C)nn2C)c(=O)[nH]1. The van der Waals surface area contributed by atoms with Gasteiger partial charge in [-0.1, -0.05) is 0 Å². The topological polar surface area (TPSA) is 72.8 Å². The molecule has 0 amide bonds. The molecule has 2 rings (SSSR count). The van der Waals surface area contributed by atoms with Gasteiger partial charge in [0.2, 0.25) is 0 Å². The molecule has 0 bridgehead atoms. The van der Waals surface area contributed by atoms with E-state index >= 15 is 0 Å². The molecule has 0 aliphatic carbocycles. The first-order chi connectivity index (χ1) is 7.13. The van der Waals surface area contributed by atoms with Crippen LogP contribution in [0, 0.1) is 6.92 Å². The highest BCUT2D eigenvalue weighted by Crippen LogP contribution is 2.09. The number of H-pyrrole nitrogens is 1. The first kappa shape index (κ1) is 9.85. The van der Waals surface area contributed by atoms with E-state index in [0.29, 0.717) is 22.6 Å². The number of nitrogens with zero attached hydrogens (tertiary/aromatic N) is 3. The van der Waals surface area contributed by atoms with Gasteiger partial charge in [0, 0.05) is 14.2 Å². The molecule has 0 unspecified atom stereocenters. The highest BCUT2D eigenvalue weighted by Gasteiger charge is 2.11. The Bertz CT molecular complexity index is 555. The zero-order valence-corrected chi connectivity index (χ0v) is 8.87. The first-order valence-electron chi connectivity index (χ1n) is 4.55. The van der Waals surface area contributed by atoms with Crippen molar-refractivity contribution in [1.29, 1.82) is 0 Å². The van der Waals surface area contributed by atoms with Gasteiger partial charge in [-0.05, 0) is 6.92 Å². The van der Waals surface area contributed by atoms with Crippen molar-refractivity contribution in [3.8, 4) is 0 Å². The zero-order valence-electron chi connectivity index (χ0n) is 8.87. The van der Waals surface area contributed by atoms with Gasteiger partial charge in [-0.25, -0.2) is 9.67 Å². The van der Waals surface area contributed by atoms with E-state index in [0.717, 1.165) is 0 Å². The molecule has 0 aliphatic rings. The van der Waals surface area contributed by atoms with Crippen molar-refractivity contribution in [1.82, 2.24) is 19.7 Å². The van der Waals surface area contributed by atoms with Crippen molar-refractivity contribution in [2.75, 3.05) is 7.11 Å². The number of fused-ring (bicyclic) bond motifs is 1. The summed E-state index contributed by atoms with van der Waals surface area (Å²) < 4.78 is 6.51. The summed E-state index contributed by atoms with van der Waals surface area (Å²) in [5.74, 6) is 0.512. The number of aromatic amines is 1. The van der Waals surface area contributed by atoms with Crippen molar-refractivity contribution in [3.05, 3.63) is 21.9 Å². The van der Waals surface area contributed by atoms with Crippen molar-refractivity contribution in [2.45, 2.75) is 13.5 Å². The summed E-state index contributed by atoms with van der Waals surface area (Å²) in [6, 6.07) is 0. The largest absolute Gasteiger partial charge is 0.377 e. The number of hydrogen-bond acceptors (Lipinski definition) is 4. The standard InChI is InChI=1S/C9H12N4O2/c1-5-7-8(13(2)12-5)10-6(4-15-3)11-9(7)14/h4H2,1-3H3,(H,10,11,14). The van der Waals surface area contributed by atoms with E-state index in [2.05, 4.69) is 15.1 Å². The normalized spacial score (nSPS) is 11.1. The van der Waals surface area contributed by atoms with Gasteiger partial charge in [-0.2, -0.15) is 5.10 Å². The summed E-state index contributed by atoms with van der Waals surface area (Å²) in [7, 11) is 3.32. The molecular formula is C9H12N4O2. The maximum atomic E-state index is 11.7. The fraction of sp³-hybridized carbons (Fsp3) is 0.444. The smallest absolute Gasteiger partial charge is 0.262 e. The first-order valence-corrected chi connectivity index (χ1v) is 4.55. The zero-order chi connectivity index (χ0) is 11.0. The molecule has 0 radical (unpaired) electrons. The van der Waals surface area contributed by atoms with Crippen LogP contribution in [0.1, 0.15) is 11.5 Å². The second kappa shape index (κ2) is 3.47. The van der Waals surface area contributed by atoms with Crippen LogP contribution in [-0.2, 0) is 18.4 Å². The lowest BCUT2D eigenvalue weighted by molar-refractivity contribution is 0.178. The highest BCUT2D eigenvalue weighted by molar-refractivity contribution is 5.76. The van der Waals surface area contributed by atoms with E-state index < -0.39 is 0 Å². The molecule has 2 aromatic heterocycles. The summed E-state index contributed by atoms with van der Waals surface area (Å²) in [6.45, 7) is 2.07. The lowest BCUT2D eigenvalue weighted by Crippen LogP contribution is -2.13. The van der Waals surface area contributed by atoms with Gasteiger partial charge in [-0.3, -0.25) is 4.79 Å². The van der Waals surface area contributed by atoms with Crippen LogP contribution in [0.15, 0.2) is 4.79 Å². The number of aryl methyl sites for hydroxylation is 2. The summed E-state index contributed by atoms with van der Waals surface area (Å²) in [4.78, 5) is 18.6. The number of nitrogens with one attached hydrogen (secondary N) is 1. The Morgan fingerprint density at radius 2 is 2.27 bits per heavy atom. The van der Waals surface area contributed by atoms with Gasteiger partial charge in [0.05, 0.1) is 5.69 Å². The van der Waals surface area contributed by atoms with Crippen molar-refractivity contribution < 1.29 is 4.74 Å². The second-order valence-electron chi connectivity index (χ2n) is 3.35. The Morgan fingerprint density at radius 3 is 2.93 bits per heavy atom. The molecular weight excluding hydrogens is 196 g/mol. The Labute approximate surface area is 85.9 Å². The van der Waals surface area contributed by atoms with Gasteiger partial charge in [-0.15, -0.1) is 0 Å². The minimum Gasteiger partial charge on any atom is -0.377 e. The van der Waals surface area contributed by atoms with Crippen LogP contribution in [0.4, 0.5) is 0 Å². The van der Waals surface area contributed by atoms with E-state index in [1.54, 1.807) is 25.8 Å². The number of ether oxygens (including phenoxy) is 1. The molecule has 80 valence electrons. The predicted octanol–water partition coefficient (Wildman–Crippen LogP) is 0.111. The summed E-state index contributed by atoms with van der Waals surface area (Å²) >= 11 is 0. The quantitative estimate of drug-likeness (QED) is 0.760. The Balaban J connectivity index is 2.76. The minimum atomic E-state index is -0.169. The van der Waals surface area contributed by atoms with Crippen LogP contribution in [-0.4, -0.2) is 26.9 Å². The van der Waals surface area contributed by atoms with E-state index in [1.807, 2.05) is 0 Å². The fourth-order valence-corrected chi connectivity index (χ4v) is 1.59. The second-order valence-corrected chi connectivity index (χ2v) is 3.35. The number of methoxy groups -OCH3 is 1. The third kappa shape index (κ3) is 1.52. The van der Waals surface area contributed by atoms with Crippen molar-refractivity contribution in [3.63, 3.8) is 0 Å². The molecule has 6 nitrogen and oxygen atoms in total. The third-order valence-electron chi connectivity index (χ3n) is 2.20. The highest BCUT2D eigenvalue weighted by atomic mass is 16.5. The van der Waals surface area contributed by atoms with Crippen LogP contribution >= 0.6 is 0 Å². The van der Waals surface area contributed by atoms with Gasteiger partial charge in [0.1, 0.15) is 17.8 Å². The summed E-state index contributed by atoms with van der Waals surface area (Å²) in [6.07, 6.45) is 0.